The van der Waals surface area contributed by atoms with Gasteiger partial charge in [0.2, 0.25) is 0 Å². The van der Waals surface area contributed by atoms with E-state index in [-0.39, 0.29) is 9.62 Å². The molecule has 0 saturated heterocycles. The Kier molecular flexibility index (Phi) is 4.09. The highest BCUT2D eigenvalue weighted by Gasteiger charge is 2.19. The number of aromatic nitrogens is 1. The molecule has 0 aliphatic rings. The van der Waals surface area contributed by atoms with E-state index in [1.165, 1.54) is 6.07 Å². The molecule has 2 rings (SSSR count). The molecule has 0 bridgehead atoms. The van der Waals surface area contributed by atoms with Crippen molar-refractivity contribution >= 4 is 38.8 Å². The summed E-state index contributed by atoms with van der Waals surface area (Å²) in [6.45, 7) is 6.06. The summed E-state index contributed by atoms with van der Waals surface area (Å²) in [5, 5.41) is 0. The van der Waals surface area contributed by atoms with Gasteiger partial charge >= 0.3 is 0 Å². The lowest BCUT2D eigenvalue weighted by atomic mass is 9.92. The zero-order chi connectivity index (χ0) is 15.0. The standard InChI is InChI=1S/C13H15ClN2O2S2/c1-13(2,3)9-5-4-6-11(15-9)16-20(17,18)12-8-7-10(14)19-12/h4-8H,1-3H3,(H,15,16). The van der Waals surface area contributed by atoms with Crippen LogP contribution in [0, 0.1) is 0 Å². The van der Waals surface area contributed by atoms with Crippen molar-refractivity contribution in [1.29, 1.82) is 0 Å². The van der Waals surface area contributed by atoms with Gasteiger partial charge in [0, 0.05) is 11.1 Å². The minimum absolute atomic E-state index is 0.145. The third-order valence-corrected chi connectivity index (χ3v) is 5.65. The summed E-state index contributed by atoms with van der Waals surface area (Å²) >= 11 is 6.78. The second kappa shape index (κ2) is 5.35. The number of hydrogen-bond donors (Lipinski definition) is 1. The quantitative estimate of drug-likeness (QED) is 0.928. The van der Waals surface area contributed by atoms with Gasteiger partial charge in [-0.25, -0.2) is 13.4 Å². The number of sulfonamides is 1. The van der Waals surface area contributed by atoms with E-state index in [1.54, 1.807) is 18.2 Å². The third kappa shape index (κ3) is 3.50. The Morgan fingerprint density at radius 3 is 2.45 bits per heavy atom. The number of hydrogen-bond acceptors (Lipinski definition) is 4. The first-order valence-corrected chi connectivity index (χ1v) is 8.62. The largest absolute Gasteiger partial charge is 0.272 e. The summed E-state index contributed by atoms with van der Waals surface area (Å²) in [7, 11) is -3.63. The maximum Gasteiger partial charge on any atom is 0.272 e. The van der Waals surface area contributed by atoms with Gasteiger partial charge in [0.05, 0.1) is 4.34 Å². The van der Waals surface area contributed by atoms with Crippen molar-refractivity contribution in [2.75, 3.05) is 4.72 Å². The molecular formula is C13H15ClN2O2S2. The van der Waals surface area contributed by atoms with Crippen LogP contribution in [0.1, 0.15) is 26.5 Å². The van der Waals surface area contributed by atoms with Crippen molar-refractivity contribution in [3.8, 4) is 0 Å². The highest BCUT2D eigenvalue weighted by Crippen LogP contribution is 2.27. The number of thiophene rings is 1. The zero-order valence-corrected chi connectivity index (χ0v) is 13.7. The van der Waals surface area contributed by atoms with E-state index in [9.17, 15) is 8.42 Å². The van der Waals surface area contributed by atoms with Crippen LogP contribution in [0.4, 0.5) is 5.82 Å². The van der Waals surface area contributed by atoms with Crippen LogP contribution in [0.3, 0.4) is 0 Å². The Balaban J connectivity index is 2.31. The lowest BCUT2D eigenvalue weighted by Crippen LogP contribution is -2.17. The summed E-state index contributed by atoms with van der Waals surface area (Å²) in [6, 6.07) is 8.32. The Morgan fingerprint density at radius 2 is 1.90 bits per heavy atom. The molecule has 0 fully saturated rings. The smallest absolute Gasteiger partial charge is 0.263 e. The molecule has 0 saturated carbocycles. The van der Waals surface area contributed by atoms with Crippen molar-refractivity contribution in [2.45, 2.75) is 30.4 Å². The molecule has 2 aromatic heterocycles. The first-order chi connectivity index (χ1) is 9.18. The van der Waals surface area contributed by atoms with Gasteiger partial charge in [-0.15, -0.1) is 11.3 Å². The second-order valence-electron chi connectivity index (χ2n) is 5.32. The minimum atomic E-state index is -3.63. The van der Waals surface area contributed by atoms with E-state index in [4.69, 9.17) is 11.6 Å². The first kappa shape index (κ1) is 15.3. The number of pyridine rings is 1. The summed E-state index contributed by atoms with van der Waals surface area (Å²) in [5.41, 5.74) is 0.676. The van der Waals surface area contributed by atoms with E-state index in [1.807, 2.05) is 26.8 Å². The summed E-state index contributed by atoms with van der Waals surface area (Å²) in [4.78, 5) is 4.34. The Bertz CT molecular complexity index is 718. The Labute approximate surface area is 127 Å². The minimum Gasteiger partial charge on any atom is -0.263 e. The van der Waals surface area contributed by atoms with E-state index in [0.29, 0.717) is 10.2 Å². The second-order valence-corrected chi connectivity index (χ2v) is 8.95. The fourth-order valence-electron chi connectivity index (χ4n) is 1.54. The molecule has 20 heavy (non-hydrogen) atoms. The molecule has 2 heterocycles. The average Bonchev–Trinajstić information content (AvgIpc) is 2.75. The highest BCUT2D eigenvalue weighted by molar-refractivity contribution is 7.94. The SMILES string of the molecule is CC(C)(C)c1cccc(NS(=O)(=O)c2ccc(Cl)s2)n1. The molecule has 0 aliphatic heterocycles. The van der Waals surface area contributed by atoms with Crippen LogP contribution in [0.2, 0.25) is 4.34 Å². The van der Waals surface area contributed by atoms with Gasteiger partial charge in [0.1, 0.15) is 10.0 Å². The molecule has 0 amide bonds. The van der Waals surface area contributed by atoms with E-state index >= 15 is 0 Å². The third-order valence-electron chi connectivity index (χ3n) is 2.57. The molecule has 0 atom stereocenters. The van der Waals surface area contributed by atoms with Crippen LogP contribution in [0.15, 0.2) is 34.5 Å². The molecule has 108 valence electrons. The van der Waals surface area contributed by atoms with Gasteiger partial charge in [-0.3, -0.25) is 4.72 Å². The fraction of sp³-hybridized carbons (Fsp3) is 0.308. The van der Waals surface area contributed by atoms with Gasteiger partial charge in [-0.05, 0) is 24.3 Å². The fourth-order valence-corrected chi connectivity index (χ4v) is 4.02. The van der Waals surface area contributed by atoms with Crippen LogP contribution < -0.4 is 4.72 Å². The van der Waals surface area contributed by atoms with Crippen LogP contribution in [0.25, 0.3) is 0 Å². The maximum absolute atomic E-state index is 12.2. The van der Waals surface area contributed by atoms with Crippen LogP contribution in [-0.2, 0) is 15.4 Å². The van der Waals surface area contributed by atoms with Crippen LogP contribution >= 0.6 is 22.9 Å². The molecule has 2 aromatic rings. The number of rotatable bonds is 3. The van der Waals surface area contributed by atoms with Gasteiger partial charge in [0.25, 0.3) is 10.0 Å². The van der Waals surface area contributed by atoms with Crippen molar-refractivity contribution in [3.05, 3.63) is 40.4 Å². The van der Waals surface area contributed by atoms with E-state index in [2.05, 4.69) is 9.71 Å². The topological polar surface area (TPSA) is 59.1 Å². The predicted octanol–water partition coefficient (Wildman–Crippen LogP) is 3.89. The Hall–Kier alpha value is -1.11. The maximum atomic E-state index is 12.2. The monoisotopic (exact) mass is 330 g/mol. The Morgan fingerprint density at radius 1 is 1.20 bits per heavy atom. The first-order valence-electron chi connectivity index (χ1n) is 5.94. The molecule has 0 aliphatic carbocycles. The van der Waals surface area contributed by atoms with Crippen molar-refractivity contribution in [1.82, 2.24) is 4.98 Å². The highest BCUT2D eigenvalue weighted by atomic mass is 35.5. The summed E-state index contributed by atoms with van der Waals surface area (Å²) in [6.07, 6.45) is 0. The number of nitrogens with zero attached hydrogens (tertiary/aromatic N) is 1. The van der Waals surface area contributed by atoms with Crippen molar-refractivity contribution < 1.29 is 8.42 Å². The molecule has 0 aromatic carbocycles. The normalized spacial score (nSPS) is 12.4. The molecule has 0 radical (unpaired) electrons. The van der Waals surface area contributed by atoms with Gasteiger partial charge in [0.15, 0.2) is 0 Å². The van der Waals surface area contributed by atoms with Crippen LogP contribution in [0.5, 0.6) is 0 Å². The summed E-state index contributed by atoms with van der Waals surface area (Å²) in [5.74, 6) is 0.307. The molecule has 7 heteroatoms. The molecular weight excluding hydrogens is 316 g/mol. The lowest BCUT2D eigenvalue weighted by molar-refractivity contribution is 0.569. The van der Waals surface area contributed by atoms with Crippen molar-refractivity contribution in [3.63, 3.8) is 0 Å². The number of nitrogens with one attached hydrogen (secondary N) is 1. The lowest BCUT2D eigenvalue weighted by Gasteiger charge is -2.18. The molecule has 1 N–H and O–H groups in total. The van der Waals surface area contributed by atoms with Gasteiger partial charge in [-0.2, -0.15) is 0 Å². The van der Waals surface area contributed by atoms with Gasteiger partial charge < -0.3 is 0 Å². The van der Waals surface area contributed by atoms with Crippen molar-refractivity contribution in [2.24, 2.45) is 0 Å². The zero-order valence-electron chi connectivity index (χ0n) is 11.3. The van der Waals surface area contributed by atoms with Crippen LogP contribution in [-0.4, -0.2) is 13.4 Å². The average molecular weight is 331 g/mol. The van der Waals surface area contributed by atoms with Gasteiger partial charge in [-0.1, -0.05) is 38.4 Å². The van der Waals surface area contributed by atoms with E-state index < -0.39 is 10.0 Å². The molecule has 0 spiro atoms. The number of halogens is 1. The predicted molar refractivity (Wildman–Crippen MR) is 83.1 cm³/mol. The molecule has 4 nitrogen and oxygen atoms in total. The summed E-state index contributed by atoms with van der Waals surface area (Å²) < 4.78 is 27.4. The number of anilines is 1. The van der Waals surface area contributed by atoms with E-state index in [0.717, 1.165) is 17.0 Å². The molecule has 0 unspecified atom stereocenters.